The number of rotatable bonds is 6. The van der Waals surface area contributed by atoms with Gasteiger partial charge in [-0.1, -0.05) is 70.5 Å². The highest BCUT2D eigenvalue weighted by atomic mass is 35.5. The molecule has 5 nitrogen and oxygen atoms in total. The zero-order valence-corrected chi connectivity index (χ0v) is 21.2. The molecule has 1 heterocycles. The van der Waals surface area contributed by atoms with E-state index in [0.29, 0.717) is 36.0 Å². The Morgan fingerprint density at radius 3 is 2.06 bits per heavy atom. The van der Waals surface area contributed by atoms with Crippen molar-refractivity contribution in [3.05, 3.63) is 69.7 Å². The molecule has 0 aromatic heterocycles. The van der Waals surface area contributed by atoms with Crippen molar-refractivity contribution in [3.63, 3.8) is 0 Å². The molecule has 1 saturated heterocycles. The van der Waals surface area contributed by atoms with Gasteiger partial charge in [-0.3, -0.25) is 9.59 Å². The molecule has 1 aliphatic heterocycles. The molecule has 1 aliphatic rings. The SMILES string of the molecule is C.CC(C)C[C@@H](NC(=O)c1ccc(Cl)cc1)C(=O)N1CCC(c2ccc(Cl)cc2)C(C)(C)C1.O. The molecule has 0 bridgehead atoms. The van der Waals surface area contributed by atoms with E-state index in [1.54, 1.807) is 24.3 Å². The zero-order chi connectivity index (χ0) is 23.5. The molecule has 0 spiro atoms. The average molecular weight is 510 g/mol. The van der Waals surface area contributed by atoms with Gasteiger partial charge in [0, 0.05) is 28.7 Å². The number of hydrogen-bond acceptors (Lipinski definition) is 2. The maximum atomic E-state index is 13.5. The lowest BCUT2D eigenvalue weighted by Crippen LogP contribution is -2.54. The Balaban J connectivity index is 0.00000289. The molecule has 2 aromatic carbocycles. The zero-order valence-electron chi connectivity index (χ0n) is 19.7. The molecule has 0 saturated carbocycles. The summed E-state index contributed by atoms with van der Waals surface area (Å²) in [7, 11) is 0. The van der Waals surface area contributed by atoms with Crippen LogP contribution >= 0.6 is 23.2 Å². The van der Waals surface area contributed by atoms with Crippen molar-refractivity contribution < 1.29 is 15.1 Å². The molecule has 34 heavy (non-hydrogen) atoms. The summed E-state index contributed by atoms with van der Waals surface area (Å²) >= 11 is 12.0. The van der Waals surface area contributed by atoms with E-state index in [1.807, 2.05) is 17.0 Å². The van der Waals surface area contributed by atoms with E-state index >= 15 is 0 Å². The van der Waals surface area contributed by atoms with Gasteiger partial charge in [-0.15, -0.1) is 0 Å². The summed E-state index contributed by atoms with van der Waals surface area (Å²) in [5.74, 6) is 0.352. The molecule has 0 radical (unpaired) electrons. The van der Waals surface area contributed by atoms with E-state index in [9.17, 15) is 9.59 Å². The van der Waals surface area contributed by atoms with Crippen LogP contribution in [0, 0.1) is 11.3 Å². The third kappa shape index (κ3) is 7.46. The number of nitrogens with one attached hydrogen (secondary N) is 1. The lowest BCUT2D eigenvalue weighted by atomic mass is 9.70. The monoisotopic (exact) mass is 508 g/mol. The Labute approximate surface area is 214 Å². The maximum Gasteiger partial charge on any atom is 0.251 e. The number of halogens is 2. The number of benzene rings is 2. The molecule has 2 aromatic rings. The highest BCUT2D eigenvalue weighted by molar-refractivity contribution is 6.30. The molecule has 188 valence electrons. The Hall–Kier alpha value is -2.08. The predicted molar refractivity (Wildman–Crippen MR) is 142 cm³/mol. The summed E-state index contributed by atoms with van der Waals surface area (Å²) in [6.45, 7) is 9.84. The minimum Gasteiger partial charge on any atom is -0.412 e. The van der Waals surface area contributed by atoms with Crippen molar-refractivity contribution in [1.82, 2.24) is 10.2 Å². The van der Waals surface area contributed by atoms with Crippen molar-refractivity contribution in [3.8, 4) is 0 Å². The molecule has 2 atom stereocenters. The minimum absolute atomic E-state index is 0. The van der Waals surface area contributed by atoms with Crippen LogP contribution in [0.5, 0.6) is 0 Å². The van der Waals surface area contributed by atoms with Gasteiger partial charge in [-0.2, -0.15) is 0 Å². The summed E-state index contributed by atoms with van der Waals surface area (Å²) in [6.07, 6.45) is 1.47. The number of hydrogen-bond donors (Lipinski definition) is 1. The second-order valence-electron chi connectivity index (χ2n) is 9.80. The van der Waals surface area contributed by atoms with Crippen molar-refractivity contribution >= 4 is 35.0 Å². The smallest absolute Gasteiger partial charge is 0.251 e. The number of carbonyl (C=O) groups is 2. The van der Waals surface area contributed by atoms with Crippen molar-refractivity contribution in [2.75, 3.05) is 13.1 Å². The highest BCUT2D eigenvalue weighted by Gasteiger charge is 2.40. The van der Waals surface area contributed by atoms with Crippen LogP contribution in [0.2, 0.25) is 10.0 Å². The van der Waals surface area contributed by atoms with Gasteiger partial charge in [0.1, 0.15) is 6.04 Å². The van der Waals surface area contributed by atoms with Gasteiger partial charge in [0.05, 0.1) is 0 Å². The average Bonchev–Trinajstić information content (AvgIpc) is 2.73. The van der Waals surface area contributed by atoms with Crippen LogP contribution in [0.1, 0.15) is 69.8 Å². The van der Waals surface area contributed by atoms with E-state index < -0.39 is 6.04 Å². The van der Waals surface area contributed by atoms with Gasteiger partial charge in [0.2, 0.25) is 5.91 Å². The first-order valence-corrected chi connectivity index (χ1v) is 11.9. The van der Waals surface area contributed by atoms with Crippen LogP contribution in [0.4, 0.5) is 0 Å². The van der Waals surface area contributed by atoms with Crippen LogP contribution in [0.25, 0.3) is 0 Å². The first-order valence-electron chi connectivity index (χ1n) is 11.2. The number of carbonyl (C=O) groups excluding carboxylic acids is 2. The number of amides is 2. The van der Waals surface area contributed by atoms with E-state index in [1.165, 1.54) is 5.56 Å². The van der Waals surface area contributed by atoms with Gasteiger partial charge in [0.15, 0.2) is 0 Å². The summed E-state index contributed by atoms with van der Waals surface area (Å²) in [5.41, 5.74) is 1.66. The summed E-state index contributed by atoms with van der Waals surface area (Å²) in [6, 6.07) is 14.2. The number of likely N-dealkylation sites (tertiary alicyclic amines) is 1. The van der Waals surface area contributed by atoms with E-state index in [0.717, 1.165) is 11.4 Å². The van der Waals surface area contributed by atoms with Crippen molar-refractivity contribution in [1.29, 1.82) is 0 Å². The Kier molecular flexibility index (Phi) is 11.1. The molecule has 7 heteroatoms. The lowest BCUT2D eigenvalue weighted by molar-refractivity contribution is -0.137. The number of piperidine rings is 1. The van der Waals surface area contributed by atoms with Gasteiger partial charge in [-0.05, 0) is 72.1 Å². The number of nitrogens with zero attached hydrogens (tertiary/aromatic N) is 1. The lowest BCUT2D eigenvalue weighted by Gasteiger charge is -2.45. The quantitative estimate of drug-likeness (QED) is 0.519. The van der Waals surface area contributed by atoms with Gasteiger partial charge >= 0.3 is 0 Å². The first kappa shape index (κ1) is 30.0. The fourth-order valence-electron chi connectivity index (χ4n) is 4.61. The molecule has 3 rings (SSSR count). The van der Waals surface area contributed by atoms with Gasteiger partial charge in [-0.25, -0.2) is 0 Å². The van der Waals surface area contributed by atoms with E-state index in [-0.39, 0.29) is 36.1 Å². The van der Waals surface area contributed by atoms with Crippen molar-refractivity contribution in [2.24, 2.45) is 11.3 Å². The standard InChI is InChI=1S/C26H32Cl2N2O2.CH4.H2O/c1-17(2)15-23(29-24(31)19-7-11-21(28)12-8-19)25(32)30-14-13-22(26(3,4)16-30)18-5-9-20(27)10-6-18;;/h5-12,17,22-23H,13-16H2,1-4H3,(H,29,31);1H4;1H2/t22?,23-;;/m1../s1. The van der Waals surface area contributed by atoms with Crippen LogP contribution in [-0.2, 0) is 4.79 Å². The van der Waals surface area contributed by atoms with Crippen LogP contribution in [-0.4, -0.2) is 41.3 Å². The molecular formula is C27H38Cl2N2O3. The van der Waals surface area contributed by atoms with Crippen LogP contribution in [0.15, 0.2) is 48.5 Å². The van der Waals surface area contributed by atoms with Crippen LogP contribution < -0.4 is 5.32 Å². The first-order chi connectivity index (χ1) is 15.1. The second-order valence-corrected chi connectivity index (χ2v) is 10.7. The Bertz CT molecular complexity index is 943. The third-order valence-electron chi connectivity index (χ3n) is 6.23. The van der Waals surface area contributed by atoms with Crippen molar-refractivity contribution in [2.45, 2.75) is 59.9 Å². The largest absolute Gasteiger partial charge is 0.412 e. The normalized spacial score (nSPS) is 17.9. The fraction of sp³-hybridized carbons (Fsp3) is 0.481. The Morgan fingerprint density at radius 2 is 1.56 bits per heavy atom. The van der Waals surface area contributed by atoms with Gasteiger partial charge in [0.25, 0.3) is 5.91 Å². The molecule has 1 unspecified atom stereocenters. The molecular weight excluding hydrogens is 471 g/mol. The van der Waals surface area contributed by atoms with Gasteiger partial charge < -0.3 is 15.7 Å². The maximum absolute atomic E-state index is 13.5. The second kappa shape index (κ2) is 12.6. The minimum atomic E-state index is -0.555. The van der Waals surface area contributed by atoms with E-state index in [4.69, 9.17) is 23.2 Å². The molecule has 1 fully saturated rings. The summed E-state index contributed by atoms with van der Waals surface area (Å²) in [4.78, 5) is 28.2. The molecule has 0 aliphatic carbocycles. The summed E-state index contributed by atoms with van der Waals surface area (Å²) in [5, 5.41) is 4.27. The molecule has 3 N–H and O–H groups in total. The topological polar surface area (TPSA) is 80.9 Å². The Morgan fingerprint density at radius 1 is 1.03 bits per heavy atom. The molecule has 2 amide bonds. The fourth-order valence-corrected chi connectivity index (χ4v) is 4.87. The summed E-state index contributed by atoms with van der Waals surface area (Å²) < 4.78 is 0. The predicted octanol–water partition coefficient (Wildman–Crippen LogP) is 5.99. The highest BCUT2D eigenvalue weighted by Crippen LogP contribution is 2.42. The van der Waals surface area contributed by atoms with Crippen LogP contribution in [0.3, 0.4) is 0 Å². The third-order valence-corrected chi connectivity index (χ3v) is 6.73. The van der Waals surface area contributed by atoms with E-state index in [2.05, 4.69) is 45.1 Å².